The lowest BCUT2D eigenvalue weighted by Crippen LogP contribution is -2.31. The maximum atomic E-state index is 9.34. The van der Waals surface area contributed by atoms with Crippen LogP contribution >= 0.6 is 0 Å². The van der Waals surface area contributed by atoms with Gasteiger partial charge in [0, 0.05) is 50.4 Å². The Bertz CT molecular complexity index is 884. The maximum Gasteiger partial charge on any atom is 0.152 e. The molecule has 0 aromatic carbocycles. The molecule has 0 spiro atoms. The van der Waals surface area contributed by atoms with Crippen molar-refractivity contribution in [2.45, 2.75) is 31.8 Å². The molecule has 2 radical (unpaired) electrons. The van der Waals surface area contributed by atoms with Crippen LogP contribution in [0.15, 0.2) is 36.8 Å². The number of hydrogen-bond donors (Lipinski definition) is 2. The average Bonchev–Trinajstić information content (AvgIpc) is 3.28. The van der Waals surface area contributed by atoms with Crippen molar-refractivity contribution < 1.29 is 5.11 Å². The second-order valence-electron chi connectivity index (χ2n) is 6.55. The summed E-state index contributed by atoms with van der Waals surface area (Å²) in [6.07, 6.45) is 8.14. The van der Waals surface area contributed by atoms with E-state index in [0.29, 0.717) is 23.7 Å². The van der Waals surface area contributed by atoms with Crippen LogP contribution in [0, 0.1) is 0 Å². The molecule has 0 unspecified atom stereocenters. The lowest BCUT2D eigenvalue weighted by atomic mass is 10.0. The van der Waals surface area contributed by atoms with Crippen molar-refractivity contribution in [3.63, 3.8) is 0 Å². The number of aliphatic hydroxyl groups excluding tert-OH is 1. The molecule has 1 aliphatic rings. The Kier molecular flexibility index (Phi) is 4.75. The smallest absolute Gasteiger partial charge is 0.152 e. The van der Waals surface area contributed by atoms with Crippen molar-refractivity contribution in [2.24, 2.45) is 0 Å². The average molecular weight is 348 g/mol. The minimum atomic E-state index is 0.185. The molecule has 132 valence electrons. The molecular weight excluding hydrogens is 327 g/mol. The van der Waals surface area contributed by atoms with Crippen LogP contribution in [0.5, 0.6) is 0 Å². The largest absolute Gasteiger partial charge is 0.396 e. The molecule has 2 N–H and O–H groups in total. The molecule has 0 amide bonds. The molecule has 1 saturated heterocycles. The van der Waals surface area contributed by atoms with Gasteiger partial charge in [-0.15, -0.1) is 0 Å². The number of rotatable bonds is 6. The van der Waals surface area contributed by atoms with Gasteiger partial charge in [0.2, 0.25) is 0 Å². The van der Waals surface area contributed by atoms with Crippen LogP contribution < -0.4 is 15.7 Å². The van der Waals surface area contributed by atoms with E-state index in [-0.39, 0.29) is 6.61 Å². The van der Waals surface area contributed by atoms with Gasteiger partial charge < -0.3 is 15.3 Å². The monoisotopic (exact) mass is 348 g/mol. The predicted molar refractivity (Wildman–Crippen MR) is 102 cm³/mol. The van der Waals surface area contributed by atoms with Gasteiger partial charge in [-0.3, -0.25) is 4.98 Å². The molecule has 4 heterocycles. The van der Waals surface area contributed by atoms with E-state index in [1.807, 2.05) is 24.4 Å². The van der Waals surface area contributed by atoms with Crippen molar-refractivity contribution >= 4 is 30.6 Å². The summed E-state index contributed by atoms with van der Waals surface area (Å²) >= 11 is 0. The van der Waals surface area contributed by atoms with Crippen molar-refractivity contribution in [2.75, 3.05) is 23.4 Å². The Morgan fingerprint density at radius 3 is 3.08 bits per heavy atom. The Balaban J connectivity index is 1.67. The summed E-state index contributed by atoms with van der Waals surface area (Å²) in [5, 5.41) is 17.1. The maximum absolute atomic E-state index is 9.34. The Labute approximate surface area is 153 Å². The van der Waals surface area contributed by atoms with Crippen LogP contribution in [0.3, 0.4) is 0 Å². The Morgan fingerprint density at radius 1 is 1.35 bits per heavy atom. The highest BCUT2D eigenvalue weighted by Crippen LogP contribution is 2.28. The van der Waals surface area contributed by atoms with E-state index in [1.165, 1.54) is 0 Å². The van der Waals surface area contributed by atoms with Gasteiger partial charge in [0.25, 0.3) is 0 Å². The van der Waals surface area contributed by atoms with E-state index in [9.17, 15) is 5.11 Å². The molecule has 8 heteroatoms. The van der Waals surface area contributed by atoms with Crippen LogP contribution in [0.4, 0.5) is 11.6 Å². The van der Waals surface area contributed by atoms with E-state index in [2.05, 4.69) is 20.3 Å². The number of aliphatic hydroxyl groups is 1. The second kappa shape index (κ2) is 7.33. The Morgan fingerprint density at radius 2 is 2.27 bits per heavy atom. The second-order valence-corrected chi connectivity index (χ2v) is 6.55. The first-order valence-corrected chi connectivity index (χ1v) is 8.91. The van der Waals surface area contributed by atoms with Gasteiger partial charge in [0.05, 0.1) is 0 Å². The zero-order chi connectivity index (χ0) is 17.9. The summed E-state index contributed by atoms with van der Waals surface area (Å²) in [5.41, 5.74) is 2.28. The van der Waals surface area contributed by atoms with E-state index in [1.54, 1.807) is 16.9 Å². The molecule has 26 heavy (non-hydrogen) atoms. The van der Waals surface area contributed by atoms with Crippen molar-refractivity contribution in [3.05, 3.63) is 42.4 Å². The fourth-order valence-corrected chi connectivity index (χ4v) is 3.52. The third-order valence-corrected chi connectivity index (χ3v) is 4.82. The van der Waals surface area contributed by atoms with E-state index in [4.69, 9.17) is 12.8 Å². The molecule has 3 aromatic rings. The molecule has 0 bridgehead atoms. The van der Waals surface area contributed by atoms with Gasteiger partial charge in [0.1, 0.15) is 19.5 Å². The third kappa shape index (κ3) is 3.24. The van der Waals surface area contributed by atoms with Crippen LogP contribution in [-0.2, 0) is 6.54 Å². The van der Waals surface area contributed by atoms with Crippen molar-refractivity contribution in [1.29, 1.82) is 0 Å². The zero-order valence-electron chi connectivity index (χ0n) is 14.5. The minimum Gasteiger partial charge on any atom is -0.396 e. The highest BCUT2D eigenvalue weighted by atomic mass is 16.3. The van der Waals surface area contributed by atoms with Crippen LogP contribution in [-0.4, -0.2) is 51.7 Å². The van der Waals surface area contributed by atoms with Gasteiger partial charge >= 0.3 is 0 Å². The van der Waals surface area contributed by atoms with Gasteiger partial charge in [-0.1, -0.05) is 6.07 Å². The number of nitrogens with zero attached hydrogens (tertiary/aromatic N) is 5. The third-order valence-electron chi connectivity index (χ3n) is 4.82. The molecule has 0 saturated carbocycles. The van der Waals surface area contributed by atoms with Crippen LogP contribution in [0.25, 0.3) is 5.65 Å². The fourth-order valence-electron chi connectivity index (χ4n) is 3.52. The Hall–Kier alpha value is -2.61. The first kappa shape index (κ1) is 16.8. The summed E-state index contributed by atoms with van der Waals surface area (Å²) < 4.78 is 1.73. The summed E-state index contributed by atoms with van der Waals surface area (Å²) in [6.45, 7) is 1.75. The van der Waals surface area contributed by atoms with Crippen molar-refractivity contribution in [3.8, 4) is 0 Å². The standard InChI is InChI=1S/C18H21BN6O/c19-15-12-22-25-16(21-11-13-3-1-6-20-10-13)9-17(23-18(15)25)24-7-2-4-14(24)5-8-26/h1,3,6,9-10,12,14,21,26H,2,4-5,7-8,11H2/t14-/m0/s1. The molecule has 4 rings (SSSR count). The molecule has 1 atom stereocenters. The van der Waals surface area contributed by atoms with Gasteiger partial charge in [-0.25, -0.2) is 4.98 Å². The minimum absolute atomic E-state index is 0.185. The van der Waals surface area contributed by atoms with Crippen LogP contribution in [0.1, 0.15) is 24.8 Å². The van der Waals surface area contributed by atoms with E-state index >= 15 is 0 Å². The summed E-state index contributed by atoms with van der Waals surface area (Å²) in [5.74, 6) is 1.70. The van der Waals surface area contributed by atoms with Crippen molar-refractivity contribution in [1.82, 2.24) is 19.6 Å². The van der Waals surface area contributed by atoms with Crippen LogP contribution in [0.2, 0.25) is 0 Å². The number of aromatic nitrogens is 4. The lowest BCUT2D eigenvalue weighted by molar-refractivity contribution is 0.275. The molecule has 0 aliphatic carbocycles. The number of nitrogens with one attached hydrogen (secondary N) is 1. The van der Waals surface area contributed by atoms with Gasteiger partial charge in [-0.05, 0) is 36.4 Å². The summed E-state index contributed by atoms with van der Waals surface area (Å²) in [6, 6.07) is 6.26. The quantitative estimate of drug-likeness (QED) is 0.644. The number of anilines is 2. The van der Waals surface area contributed by atoms with Gasteiger partial charge in [0.15, 0.2) is 5.65 Å². The molecule has 3 aromatic heterocycles. The van der Waals surface area contributed by atoms with E-state index < -0.39 is 0 Å². The fraction of sp³-hybridized carbons (Fsp3) is 0.389. The number of hydrogen-bond acceptors (Lipinski definition) is 6. The number of fused-ring (bicyclic) bond motifs is 1. The predicted octanol–water partition coefficient (Wildman–Crippen LogP) is 0.881. The topological polar surface area (TPSA) is 78.6 Å². The normalized spacial score (nSPS) is 17.1. The summed E-state index contributed by atoms with van der Waals surface area (Å²) in [4.78, 5) is 11.1. The number of pyridine rings is 1. The molecule has 1 aliphatic heterocycles. The molecule has 1 fully saturated rings. The SMILES string of the molecule is [B]c1cnn2c(NCc3cccnc3)cc(N3CCC[C@H]3CCO)nc12. The molecule has 7 nitrogen and oxygen atoms in total. The van der Waals surface area contributed by atoms with Gasteiger partial charge in [-0.2, -0.15) is 9.61 Å². The first-order valence-electron chi connectivity index (χ1n) is 8.91. The van der Waals surface area contributed by atoms with E-state index in [0.717, 1.165) is 43.0 Å². The highest BCUT2D eigenvalue weighted by molar-refractivity contribution is 6.36. The first-order chi connectivity index (χ1) is 12.8. The summed E-state index contributed by atoms with van der Waals surface area (Å²) in [7, 11) is 6.07. The highest BCUT2D eigenvalue weighted by Gasteiger charge is 2.26. The lowest BCUT2D eigenvalue weighted by Gasteiger charge is -2.26. The molecular formula is C18H21BN6O. The zero-order valence-corrected chi connectivity index (χ0v) is 14.5.